The number of rotatable bonds is 7. The highest BCUT2D eigenvalue weighted by molar-refractivity contribution is 7.92. The number of halogens is 2. The number of benzene rings is 3. The molecule has 0 radical (unpaired) electrons. The number of nitrogens with one attached hydrogen (secondary N) is 1. The maximum absolute atomic E-state index is 13.5. The highest BCUT2D eigenvalue weighted by atomic mass is 35.5. The Hall–Kier alpha value is -4.23. The highest BCUT2D eigenvalue weighted by Crippen LogP contribution is 2.30. The fourth-order valence-corrected chi connectivity index (χ4v) is 5.48. The molecule has 2 heterocycles. The Morgan fingerprint density at radius 2 is 1.32 bits per heavy atom. The predicted octanol–water partition coefficient (Wildman–Crippen LogP) is 6.01. The smallest absolute Gasteiger partial charge is 0.269 e. The fourth-order valence-electron chi connectivity index (χ4n) is 3.83. The zero-order valence-corrected chi connectivity index (χ0v) is 23.9. The minimum absolute atomic E-state index is 0.0416. The van der Waals surface area contributed by atoms with Crippen LogP contribution in [0.5, 0.6) is 0 Å². The van der Waals surface area contributed by atoms with E-state index in [0.717, 1.165) is 0 Å². The van der Waals surface area contributed by atoms with Gasteiger partial charge in [0, 0.05) is 16.2 Å². The maximum Gasteiger partial charge on any atom is 0.269 e. The molecule has 0 atom stereocenters. The third-order valence-corrected chi connectivity index (χ3v) is 8.04. The Morgan fingerprint density at radius 1 is 0.780 bits per heavy atom. The van der Waals surface area contributed by atoms with Crippen molar-refractivity contribution in [2.24, 2.45) is 10.2 Å². The van der Waals surface area contributed by atoms with Crippen molar-refractivity contribution >= 4 is 85.2 Å². The lowest BCUT2D eigenvalue weighted by Crippen LogP contribution is -2.62. The van der Waals surface area contributed by atoms with Crippen molar-refractivity contribution in [3.63, 3.8) is 0 Å². The van der Waals surface area contributed by atoms with Gasteiger partial charge in [-0.2, -0.15) is 10.2 Å². The number of sulfonamides is 1. The fraction of sp³-hybridized carbons (Fsp3) is 0.0370. The van der Waals surface area contributed by atoms with Gasteiger partial charge in [-0.05, 0) is 97.1 Å². The molecule has 1 aliphatic rings. The average molecular weight is 626 g/mol. The summed E-state index contributed by atoms with van der Waals surface area (Å²) < 4.78 is 27.7. The summed E-state index contributed by atoms with van der Waals surface area (Å²) in [4.78, 5) is 33.3. The summed E-state index contributed by atoms with van der Waals surface area (Å²) in [5.74, 6) is -1.26. The van der Waals surface area contributed by atoms with Crippen LogP contribution in [0.3, 0.4) is 0 Å². The van der Waals surface area contributed by atoms with Crippen LogP contribution < -0.4 is 14.5 Å². The van der Waals surface area contributed by atoms with E-state index in [1.165, 1.54) is 46.3 Å². The standard InChI is InChI=1S/C27H18Cl2N6O4S2/c28-17-4-10-20(11-5-17)34-25(36)24(26(37)35(27(34)40)21-12-6-18(29)7-13-21)32-31-19-8-14-22(15-9-19)41(38,39)33-23-3-1-2-16-30-23/h1-16,24H,(H,30,33). The largest absolute Gasteiger partial charge is 0.271 e. The van der Waals surface area contributed by atoms with Gasteiger partial charge >= 0.3 is 0 Å². The van der Waals surface area contributed by atoms with Gasteiger partial charge in [0.15, 0.2) is 5.11 Å². The average Bonchev–Trinajstić information content (AvgIpc) is 2.95. The number of carbonyl (C=O) groups is 2. The lowest BCUT2D eigenvalue weighted by atomic mass is 10.1. The van der Waals surface area contributed by atoms with Crippen molar-refractivity contribution in [1.82, 2.24) is 4.98 Å². The third kappa shape index (κ3) is 6.10. The van der Waals surface area contributed by atoms with E-state index < -0.39 is 27.9 Å². The van der Waals surface area contributed by atoms with E-state index in [4.69, 9.17) is 35.4 Å². The Bertz CT molecular complexity index is 1690. The molecule has 14 heteroatoms. The molecule has 5 rings (SSSR count). The number of amides is 2. The van der Waals surface area contributed by atoms with E-state index in [0.29, 0.717) is 21.4 Å². The summed E-state index contributed by atoms with van der Waals surface area (Å²) in [5.41, 5.74) is 0.976. The molecule has 3 aromatic carbocycles. The van der Waals surface area contributed by atoms with Crippen LogP contribution in [0.25, 0.3) is 0 Å². The van der Waals surface area contributed by atoms with Crippen LogP contribution in [0.1, 0.15) is 0 Å². The number of azo groups is 1. The van der Waals surface area contributed by atoms with Gasteiger partial charge < -0.3 is 0 Å². The number of hydrogen-bond acceptors (Lipinski definition) is 8. The minimum Gasteiger partial charge on any atom is -0.271 e. The van der Waals surface area contributed by atoms with Crippen molar-refractivity contribution in [2.45, 2.75) is 10.9 Å². The molecule has 206 valence electrons. The molecule has 41 heavy (non-hydrogen) atoms. The molecule has 0 bridgehead atoms. The van der Waals surface area contributed by atoms with Gasteiger partial charge in [-0.25, -0.2) is 13.4 Å². The van der Waals surface area contributed by atoms with Crippen LogP contribution in [-0.4, -0.2) is 36.4 Å². The molecular formula is C27H18Cl2N6O4S2. The number of nitrogens with zero attached hydrogens (tertiary/aromatic N) is 5. The molecule has 1 saturated heterocycles. The van der Waals surface area contributed by atoms with Crippen molar-refractivity contribution in [3.05, 3.63) is 107 Å². The van der Waals surface area contributed by atoms with Gasteiger partial charge in [-0.15, -0.1) is 0 Å². The van der Waals surface area contributed by atoms with Crippen LogP contribution >= 0.6 is 35.4 Å². The third-order valence-electron chi connectivity index (χ3n) is 5.80. The van der Waals surface area contributed by atoms with Crippen molar-refractivity contribution < 1.29 is 18.0 Å². The summed E-state index contributed by atoms with van der Waals surface area (Å²) in [5, 5.41) is 8.94. The lowest BCUT2D eigenvalue weighted by Gasteiger charge is -2.37. The normalized spacial score (nSPS) is 14.6. The second kappa shape index (κ2) is 11.7. The van der Waals surface area contributed by atoms with E-state index >= 15 is 0 Å². The molecular weight excluding hydrogens is 607 g/mol. The Kier molecular flexibility index (Phi) is 8.08. The lowest BCUT2D eigenvalue weighted by molar-refractivity contribution is -0.128. The summed E-state index contributed by atoms with van der Waals surface area (Å²) in [6, 6.07) is 21.4. The van der Waals surface area contributed by atoms with Crippen LogP contribution in [0.2, 0.25) is 10.0 Å². The van der Waals surface area contributed by atoms with Gasteiger partial charge in [-0.1, -0.05) is 29.3 Å². The van der Waals surface area contributed by atoms with E-state index in [-0.39, 0.29) is 21.5 Å². The molecule has 4 aromatic rings. The second-order valence-corrected chi connectivity index (χ2v) is 11.4. The monoisotopic (exact) mass is 624 g/mol. The summed E-state index contributed by atoms with van der Waals surface area (Å²) in [6.45, 7) is 0. The van der Waals surface area contributed by atoms with Gasteiger partial charge in [-0.3, -0.25) is 24.1 Å². The molecule has 2 amide bonds. The predicted molar refractivity (Wildman–Crippen MR) is 160 cm³/mol. The van der Waals surface area contributed by atoms with Gasteiger partial charge in [0.1, 0.15) is 5.82 Å². The number of anilines is 3. The number of carbonyl (C=O) groups excluding carboxylic acids is 2. The molecule has 1 aliphatic heterocycles. The molecule has 0 unspecified atom stereocenters. The number of aromatic nitrogens is 1. The first-order chi connectivity index (χ1) is 19.6. The van der Waals surface area contributed by atoms with Crippen LogP contribution in [0, 0.1) is 0 Å². The molecule has 1 N–H and O–H groups in total. The number of hydrogen-bond donors (Lipinski definition) is 1. The molecule has 1 fully saturated rings. The van der Waals surface area contributed by atoms with Crippen molar-refractivity contribution in [1.29, 1.82) is 0 Å². The Balaban J connectivity index is 1.44. The SMILES string of the molecule is O=C1C(N=Nc2ccc(S(=O)(=O)Nc3ccccn3)cc2)C(=O)N(c2ccc(Cl)cc2)C(=S)N1c1ccc(Cl)cc1. The molecule has 0 saturated carbocycles. The van der Waals surface area contributed by atoms with E-state index in [1.54, 1.807) is 60.7 Å². The van der Waals surface area contributed by atoms with Gasteiger partial charge in [0.2, 0.25) is 6.04 Å². The van der Waals surface area contributed by atoms with Crippen LogP contribution in [0.15, 0.2) is 112 Å². The first-order valence-corrected chi connectivity index (χ1v) is 14.5. The van der Waals surface area contributed by atoms with E-state index in [2.05, 4.69) is 19.9 Å². The zero-order valence-electron chi connectivity index (χ0n) is 20.8. The first-order valence-electron chi connectivity index (χ1n) is 11.8. The van der Waals surface area contributed by atoms with Gasteiger partial charge in [0.25, 0.3) is 21.8 Å². The van der Waals surface area contributed by atoms with Crippen LogP contribution in [-0.2, 0) is 19.6 Å². The topological polar surface area (TPSA) is 124 Å². The summed E-state index contributed by atoms with van der Waals surface area (Å²) in [7, 11) is -3.91. The van der Waals surface area contributed by atoms with Gasteiger partial charge in [0.05, 0.1) is 22.0 Å². The minimum atomic E-state index is -3.91. The molecule has 10 nitrogen and oxygen atoms in total. The number of thiocarbonyl (C=S) groups is 1. The molecule has 0 spiro atoms. The molecule has 1 aromatic heterocycles. The summed E-state index contributed by atoms with van der Waals surface area (Å²) in [6.07, 6.45) is 1.46. The highest BCUT2D eigenvalue weighted by Gasteiger charge is 2.45. The Labute approximate surface area is 250 Å². The Morgan fingerprint density at radius 3 is 1.80 bits per heavy atom. The van der Waals surface area contributed by atoms with E-state index in [9.17, 15) is 18.0 Å². The van der Waals surface area contributed by atoms with E-state index in [1.807, 2.05) is 0 Å². The quantitative estimate of drug-likeness (QED) is 0.153. The maximum atomic E-state index is 13.5. The molecule has 0 aliphatic carbocycles. The van der Waals surface area contributed by atoms with Crippen molar-refractivity contribution in [3.8, 4) is 0 Å². The zero-order chi connectivity index (χ0) is 29.1. The van der Waals surface area contributed by atoms with Crippen molar-refractivity contribution in [2.75, 3.05) is 14.5 Å². The first kappa shape index (κ1) is 28.3. The summed E-state index contributed by atoms with van der Waals surface area (Å²) >= 11 is 17.6. The number of pyridine rings is 1. The van der Waals surface area contributed by atoms with Crippen LogP contribution in [0.4, 0.5) is 22.9 Å². The second-order valence-electron chi connectivity index (χ2n) is 8.52.